The Hall–Kier alpha value is -0.520. The van der Waals surface area contributed by atoms with Crippen LogP contribution >= 0.6 is 23.5 Å². The first-order chi connectivity index (χ1) is 9.79. The summed E-state index contributed by atoms with van der Waals surface area (Å²) in [7, 11) is 3.88. The van der Waals surface area contributed by atoms with Gasteiger partial charge in [0.05, 0.1) is 7.11 Å². The lowest BCUT2D eigenvalue weighted by Crippen LogP contribution is -2.38. The fourth-order valence-corrected chi connectivity index (χ4v) is 4.75. The third-order valence-electron chi connectivity index (χ3n) is 3.37. The number of ether oxygens (including phenoxy) is 2. The fourth-order valence-electron chi connectivity index (χ4n) is 2.04. The van der Waals surface area contributed by atoms with E-state index in [0.717, 1.165) is 24.7 Å². The van der Waals surface area contributed by atoms with E-state index >= 15 is 0 Å². The highest BCUT2D eigenvalue weighted by Gasteiger charge is 2.17. The molecule has 1 heterocycles. The van der Waals surface area contributed by atoms with Gasteiger partial charge in [0.25, 0.3) is 0 Å². The predicted molar refractivity (Wildman–Crippen MR) is 89.6 cm³/mol. The van der Waals surface area contributed by atoms with Crippen LogP contribution in [0.3, 0.4) is 0 Å². The molecule has 1 aromatic carbocycles. The molecular formula is C15H23NO2S2. The first-order valence-electron chi connectivity index (χ1n) is 6.92. The largest absolute Gasteiger partial charge is 0.497 e. The zero-order valence-electron chi connectivity index (χ0n) is 12.2. The topological polar surface area (TPSA) is 21.7 Å². The zero-order valence-corrected chi connectivity index (χ0v) is 13.8. The number of methoxy groups -OCH3 is 1. The normalized spacial score (nSPS) is 16.9. The molecular weight excluding hydrogens is 290 g/mol. The van der Waals surface area contributed by atoms with Crippen molar-refractivity contribution in [3.63, 3.8) is 0 Å². The van der Waals surface area contributed by atoms with Crippen molar-refractivity contribution in [3.05, 3.63) is 24.3 Å². The van der Waals surface area contributed by atoms with E-state index in [9.17, 15) is 0 Å². The summed E-state index contributed by atoms with van der Waals surface area (Å²) in [4.78, 5) is 2.42. The van der Waals surface area contributed by atoms with E-state index in [0.29, 0.717) is 6.04 Å². The number of thioether (sulfide) groups is 2. The Morgan fingerprint density at radius 2 is 1.90 bits per heavy atom. The first-order valence-corrected chi connectivity index (χ1v) is 9.23. The van der Waals surface area contributed by atoms with Gasteiger partial charge in [-0.1, -0.05) is 6.07 Å². The van der Waals surface area contributed by atoms with E-state index in [1.165, 1.54) is 23.0 Å². The Bertz CT molecular complexity index is 395. The summed E-state index contributed by atoms with van der Waals surface area (Å²) in [6.45, 7) is 1.68. The molecule has 0 aromatic heterocycles. The summed E-state index contributed by atoms with van der Waals surface area (Å²) >= 11 is 4.13. The standard InChI is InChI=1S/C15H23NO2S2/c1-16(13-11-19-8-9-20-12-13)6-7-18-15-5-3-4-14(10-15)17-2/h3-5,10,13H,6-9,11-12H2,1-2H3. The highest BCUT2D eigenvalue weighted by Crippen LogP contribution is 2.20. The Balaban J connectivity index is 1.73. The lowest BCUT2D eigenvalue weighted by atomic mass is 10.3. The second-order valence-corrected chi connectivity index (χ2v) is 7.11. The minimum atomic E-state index is 0.668. The SMILES string of the molecule is COc1cccc(OCCN(C)C2CSCCSC2)c1. The average molecular weight is 313 g/mol. The third kappa shape index (κ3) is 5.11. The van der Waals surface area contributed by atoms with Gasteiger partial charge in [-0.3, -0.25) is 4.90 Å². The number of hydrogen-bond donors (Lipinski definition) is 0. The Morgan fingerprint density at radius 1 is 1.20 bits per heavy atom. The second-order valence-electron chi connectivity index (χ2n) is 4.81. The quantitative estimate of drug-likeness (QED) is 0.803. The maximum atomic E-state index is 5.81. The Morgan fingerprint density at radius 3 is 2.60 bits per heavy atom. The van der Waals surface area contributed by atoms with Crippen LogP contribution in [0.15, 0.2) is 24.3 Å². The summed E-state index contributed by atoms with van der Waals surface area (Å²) in [6, 6.07) is 8.45. The van der Waals surface area contributed by atoms with Gasteiger partial charge >= 0.3 is 0 Å². The first kappa shape index (κ1) is 15.9. The van der Waals surface area contributed by atoms with Crippen LogP contribution < -0.4 is 9.47 Å². The van der Waals surface area contributed by atoms with Crippen molar-refractivity contribution in [1.29, 1.82) is 0 Å². The van der Waals surface area contributed by atoms with E-state index in [4.69, 9.17) is 9.47 Å². The molecule has 112 valence electrons. The molecule has 2 rings (SSSR count). The van der Waals surface area contributed by atoms with Gasteiger partial charge in [0.2, 0.25) is 0 Å². The Kier molecular flexibility index (Phi) is 6.90. The molecule has 5 heteroatoms. The molecule has 3 nitrogen and oxygen atoms in total. The number of benzene rings is 1. The van der Waals surface area contributed by atoms with Gasteiger partial charge in [-0.15, -0.1) is 0 Å². The predicted octanol–water partition coefficient (Wildman–Crippen LogP) is 2.85. The van der Waals surface area contributed by atoms with Gasteiger partial charge in [-0.05, 0) is 19.2 Å². The molecule has 0 unspecified atom stereocenters. The van der Waals surface area contributed by atoms with Crippen molar-refractivity contribution in [2.45, 2.75) is 6.04 Å². The molecule has 0 bridgehead atoms. The molecule has 0 saturated carbocycles. The molecule has 1 aromatic rings. The monoisotopic (exact) mass is 313 g/mol. The summed E-state index contributed by atoms with van der Waals surface area (Å²) < 4.78 is 11.0. The van der Waals surface area contributed by atoms with Gasteiger partial charge < -0.3 is 9.47 Å². The summed E-state index contributed by atoms with van der Waals surface area (Å²) in [6.07, 6.45) is 0. The molecule has 0 N–H and O–H groups in total. The number of rotatable bonds is 6. The molecule has 0 spiro atoms. The summed E-state index contributed by atoms with van der Waals surface area (Å²) in [5.41, 5.74) is 0. The Labute approximate surface area is 130 Å². The maximum absolute atomic E-state index is 5.81. The molecule has 1 saturated heterocycles. The van der Waals surface area contributed by atoms with Crippen molar-refractivity contribution in [1.82, 2.24) is 4.90 Å². The lowest BCUT2D eigenvalue weighted by Gasteiger charge is -2.26. The smallest absolute Gasteiger partial charge is 0.123 e. The van der Waals surface area contributed by atoms with Crippen molar-refractivity contribution in [3.8, 4) is 11.5 Å². The minimum absolute atomic E-state index is 0.668. The molecule has 1 aliphatic rings. The molecule has 1 fully saturated rings. The zero-order chi connectivity index (χ0) is 14.2. The van der Waals surface area contributed by atoms with E-state index in [2.05, 4.69) is 35.5 Å². The number of hydrogen-bond acceptors (Lipinski definition) is 5. The molecule has 20 heavy (non-hydrogen) atoms. The third-order valence-corrected chi connectivity index (χ3v) is 5.85. The van der Waals surface area contributed by atoms with Gasteiger partial charge in [0.1, 0.15) is 18.1 Å². The fraction of sp³-hybridized carbons (Fsp3) is 0.600. The van der Waals surface area contributed by atoms with E-state index in [-0.39, 0.29) is 0 Å². The van der Waals surface area contributed by atoms with Crippen LogP contribution in [0.2, 0.25) is 0 Å². The molecule has 0 atom stereocenters. The van der Waals surface area contributed by atoms with Crippen LogP contribution in [-0.2, 0) is 0 Å². The van der Waals surface area contributed by atoms with Crippen molar-refractivity contribution >= 4 is 23.5 Å². The maximum Gasteiger partial charge on any atom is 0.123 e. The molecule has 0 aliphatic carbocycles. The van der Waals surface area contributed by atoms with Gasteiger partial charge in [-0.2, -0.15) is 23.5 Å². The van der Waals surface area contributed by atoms with Gasteiger partial charge in [0, 0.05) is 41.7 Å². The number of nitrogens with zero attached hydrogens (tertiary/aromatic N) is 1. The van der Waals surface area contributed by atoms with E-state index in [1.54, 1.807) is 7.11 Å². The lowest BCUT2D eigenvalue weighted by molar-refractivity contribution is 0.212. The highest BCUT2D eigenvalue weighted by atomic mass is 32.2. The second kappa shape index (κ2) is 8.70. The van der Waals surface area contributed by atoms with Gasteiger partial charge in [0.15, 0.2) is 0 Å². The van der Waals surface area contributed by atoms with Crippen LogP contribution in [0.1, 0.15) is 0 Å². The van der Waals surface area contributed by atoms with Crippen molar-refractivity contribution in [2.75, 3.05) is 50.3 Å². The van der Waals surface area contributed by atoms with Crippen LogP contribution in [0.4, 0.5) is 0 Å². The summed E-state index contributed by atoms with van der Waals surface area (Å²) in [5, 5.41) is 0. The van der Waals surface area contributed by atoms with Crippen molar-refractivity contribution in [2.24, 2.45) is 0 Å². The minimum Gasteiger partial charge on any atom is -0.497 e. The molecule has 1 aliphatic heterocycles. The van der Waals surface area contributed by atoms with Crippen LogP contribution in [0.25, 0.3) is 0 Å². The van der Waals surface area contributed by atoms with E-state index in [1.807, 2.05) is 24.3 Å². The van der Waals surface area contributed by atoms with Gasteiger partial charge in [-0.25, -0.2) is 0 Å². The molecule has 0 amide bonds. The summed E-state index contributed by atoms with van der Waals surface area (Å²) in [5.74, 6) is 6.77. The van der Waals surface area contributed by atoms with Crippen molar-refractivity contribution < 1.29 is 9.47 Å². The van der Waals surface area contributed by atoms with Crippen LogP contribution in [0, 0.1) is 0 Å². The highest BCUT2D eigenvalue weighted by molar-refractivity contribution is 8.03. The average Bonchev–Trinajstić information content (AvgIpc) is 2.76. The number of likely N-dealkylation sites (N-methyl/N-ethyl adjacent to an activating group) is 1. The van der Waals surface area contributed by atoms with E-state index < -0.39 is 0 Å². The molecule has 0 radical (unpaired) electrons. The van der Waals surface area contributed by atoms with Crippen LogP contribution in [-0.4, -0.2) is 61.3 Å². The van der Waals surface area contributed by atoms with Crippen LogP contribution in [0.5, 0.6) is 11.5 Å².